The van der Waals surface area contributed by atoms with Crippen molar-refractivity contribution in [3.8, 4) is 22.3 Å². The smallest absolute Gasteiger partial charge is 0.268 e. The fourth-order valence-electron chi connectivity index (χ4n) is 5.60. The Balaban J connectivity index is 1.29. The van der Waals surface area contributed by atoms with Crippen molar-refractivity contribution in [2.24, 2.45) is 0 Å². The predicted molar refractivity (Wildman–Crippen MR) is 197 cm³/mol. The SMILES string of the molecule is C=C/C(=C\C=C(/C)N(C)c1ccc(-c2ccc(N(c3ccc(-c4ccccc4)cc3)c3ccc4ccccc4c3)cc2)cc1)[N+](=O)[O-]. The first-order chi connectivity index (χ1) is 22.9. The number of hydrogen-bond acceptors (Lipinski definition) is 4. The minimum absolute atomic E-state index is 0.0417. The summed E-state index contributed by atoms with van der Waals surface area (Å²) in [5, 5.41) is 13.5. The Morgan fingerprint density at radius 3 is 1.60 bits per heavy atom. The molecule has 6 aromatic carbocycles. The molecule has 0 saturated heterocycles. The van der Waals surface area contributed by atoms with Crippen LogP contribution in [0.15, 0.2) is 182 Å². The number of anilines is 4. The molecule has 0 aliphatic carbocycles. The summed E-state index contributed by atoms with van der Waals surface area (Å²) in [6.07, 6.45) is 4.43. The molecule has 0 unspecified atom stereocenters. The molecule has 0 spiro atoms. The average molecular weight is 614 g/mol. The van der Waals surface area contributed by atoms with Crippen LogP contribution in [0.2, 0.25) is 0 Å². The Bertz CT molecular complexity index is 2080. The Kier molecular flexibility index (Phi) is 9.07. The van der Waals surface area contributed by atoms with Crippen LogP contribution in [-0.4, -0.2) is 12.0 Å². The van der Waals surface area contributed by atoms with Gasteiger partial charge in [-0.3, -0.25) is 10.1 Å². The van der Waals surface area contributed by atoms with Crippen molar-refractivity contribution in [1.82, 2.24) is 0 Å². The lowest BCUT2D eigenvalue weighted by atomic mass is 10.0. The zero-order valence-corrected chi connectivity index (χ0v) is 26.5. The fraction of sp³-hybridized carbons (Fsp3) is 0.0476. The average Bonchev–Trinajstić information content (AvgIpc) is 3.12. The van der Waals surface area contributed by atoms with Crippen molar-refractivity contribution >= 4 is 33.5 Å². The second kappa shape index (κ2) is 13.8. The van der Waals surface area contributed by atoms with Crippen LogP contribution in [0, 0.1) is 10.1 Å². The van der Waals surface area contributed by atoms with Gasteiger partial charge in [-0.2, -0.15) is 0 Å². The summed E-state index contributed by atoms with van der Waals surface area (Å²) in [5.74, 6) is 0. The lowest BCUT2D eigenvalue weighted by Gasteiger charge is -2.26. The molecule has 5 heteroatoms. The highest BCUT2D eigenvalue weighted by molar-refractivity contribution is 5.89. The number of benzene rings is 6. The molecule has 0 N–H and O–H groups in total. The van der Waals surface area contributed by atoms with Crippen molar-refractivity contribution in [2.45, 2.75) is 6.92 Å². The molecule has 0 amide bonds. The molecule has 230 valence electrons. The lowest BCUT2D eigenvalue weighted by Crippen LogP contribution is -2.13. The zero-order chi connectivity index (χ0) is 32.8. The quantitative estimate of drug-likeness (QED) is 0.0876. The van der Waals surface area contributed by atoms with E-state index < -0.39 is 4.92 Å². The van der Waals surface area contributed by atoms with E-state index in [0.717, 1.165) is 39.6 Å². The molecule has 0 radical (unpaired) electrons. The van der Waals surface area contributed by atoms with Gasteiger partial charge in [0.2, 0.25) is 0 Å². The maximum absolute atomic E-state index is 11.1. The number of nitrogens with zero attached hydrogens (tertiary/aromatic N) is 3. The van der Waals surface area contributed by atoms with E-state index >= 15 is 0 Å². The molecule has 0 bridgehead atoms. The van der Waals surface area contributed by atoms with Gasteiger partial charge in [-0.25, -0.2) is 0 Å². The first kappa shape index (κ1) is 30.8. The number of hydrogen-bond donors (Lipinski definition) is 0. The van der Waals surface area contributed by atoms with E-state index in [2.05, 4.69) is 151 Å². The number of fused-ring (bicyclic) bond motifs is 1. The van der Waals surface area contributed by atoms with E-state index in [0.29, 0.717) is 0 Å². The molecule has 0 fully saturated rings. The van der Waals surface area contributed by atoms with E-state index in [1.54, 1.807) is 6.08 Å². The Hall–Kier alpha value is -6.20. The van der Waals surface area contributed by atoms with Crippen LogP contribution in [-0.2, 0) is 0 Å². The topological polar surface area (TPSA) is 49.6 Å². The van der Waals surface area contributed by atoms with Crippen LogP contribution < -0.4 is 9.80 Å². The van der Waals surface area contributed by atoms with Crippen LogP contribution in [0.4, 0.5) is 22.7 Å². The predicted octanol–water partition coefficient (Wildman–Crippen LogP) is 11.3. The highest BCUT2D eigenvalue weighted by Crippen LogP contribution is 2.38. The molecular formula is C42H35N3O2. The van der Waals surface area contributed by atoms with Crippen molar-refractivity contribution in [3.63, 3.8) is 0 Å². The Morgan fingerprint density at radius 2 is 1.06 bits per heavy atom. The van der Waals surface area contributed by atoms with E-state index in [-0.39, 0.29) is 5.70 Å². The monoisotopic (exact) mass is 613 g/mol. The largest absolute Gasteiger partial charge is 0.348 e. The molecule has 0 saturated carbocycles. The third kappa shape index (κ3) is 6.90. The van der Waals surface area contributed by atoms with E-state index in [1.807, 2.05) is 24.9 Å². The third-order valence-corrected chi connectivity index (χ3v) is 8.38. The molecule has 6 rings (SSSR count). The lowest BCUT2D eigenvalue weighted by molar-refractivity contribution is -0.418. The summed E-state index contributed by atoms with van der Waals surface area (Å²) < 4.78 is 0. The zero-order valence-electron chi connectivity index (χ0n) is 26.5. The number of nitro groups is 1. The van der Waals surface area contributed by atoms with E-state index in [1.165, 1.54) is 34.1 Å². The summed E-state index contributed by atoms with van der Waals surface area (Å²) in [6.45, 7) is 5.43. The molecule has 5 nitrogen and oxygen atoms in total. The van der Waals surface area contributed by atoms with Crippen molar-refractivity contribution < 1.29 is 4.92 Å². The number of allylic oxidation sites excluding steroid dienone is 4. The van der Waals surface area contributed by atoms with E-state index in [9.17, 15) is 10.1 Å². The van der Waals surface area contributed by atoms with Gasteiger partial charge in [-0.05, 0) is 94.6 Å². The second-order valence-corrected chi connectivity index (χ2v) is 11.3. The van der Waals surface area contributed by atoms with Crippen molar-refractivity contribution in [2.75, 3.05) is 16.8 Å². The summed E-state index contributed by atoms with van der Waals surface area (Å²) in [4.78, 5) is 14.9. The van der Waals surface area contributed by atoms with Gasteiger partial charge in [-0.15, -0.1) is 0 Å². The van der Waals surface area contributed by atoms with Crippen LogP contribution >= 0.6 is 0 Å². The fourth-order valence-corrected chi connectivity index (χ4v) is 5.60. The van der Waals surface area contributed by atoms with Gasteiger partial charge in [0.15, 0.2) is 0 Å². The van der Waals surface area contributed by atoms with Gasteiger partial charge in [0.1, 0.15) is 0 Å². The van der Waals surface area contributed by atoms with Gasteiger partial charge in [0.25, 0.3) is 5.70 Å². The second-order valence-electron chi connectivity index (χ2n) is 11.3. The van der Waals surface area contributed by atoms with Gasteiger partial charge >= 0.3 is 0 Å². The van der Waals surface area contributed by atoms with Crippen LogP contribution in [0.25, 0.3) is 33.0 Å². The highest BCUT2D eigenvalue weighted by atomic mass is 16.6. The minimum Gasteiger partial charge on any atom is -0.348 e. The first-order valence-electron chi connectivity index (χ1n) is 15.5. The summed E-state index contributed by atoms with van der Waals surface area (Å²) in [7, 11) is 1.94. The van der Waals surface area contributed by atoms with Gasteiger partial charge in [0.05, 0.1) is 4.92 Å². The standard InChI is InChI=1S/C42H35N3O2/c1-4-38(45(46)47)22-14-31(2)43(3)39-23-15-35(16-24-39)36-19-27-41(28-20-36)44(42-29-21-33-12-8-9-13-37(33)30-42)40-25-17-34(18-26-40)32-10-6-5-7-11-32/h4-30H,1H2,2-3H3/b31-14+,38-22+. The normalized spacial score (nSPS) is 11.7. The Labute approximate surface area is 275 Å². The van der Waals surface area contributed by atoms with Crippen LogP contribution in [0.1, 0.15) is 6.92 Å². The maximum Gasteiger partial charge on any atom is 0.268 e. The third-order valence-electron chi connectivity index (χ3n) is 8.38. The van der Waals surface area contributed by atoms with Gasteiger partial charge in [-0.1, -0.05) is 104 Å². The first-order valence-corrected chi connectivity index (χ1v) is 15.5. The molecule has 47 heavy (non-hydrogen) atoms. The van der Waals surface area contributed by atoms with Crippen molar-refractivity contribution in [1.29, 1.82) is 0 Å². The molecule has 6 aromatic rings. The van der Waals surface area contributed by atoms with Crippen LogP contribution in [0.3, 0.4) is 0 Å². The molecule has 0 aromatic heterocycles. The van der Waals surface area contributed by atoms with Gasteiger partial charge < -0.3 is 9.80 Å². The van der Waals surface area contributed by atoms with E-state index in [4.69, 9.17) is 0 Å². The Morgan fingerprint density at radius 1 is 0.596 bits per heavy atom. The highest BCUT2D eigenvalue weighted by Gasteiger charge is 2.14. The van der Waals surface area contributed by atoms with Crippen LogP contribution in [0.5, 0.6) is 0 Å². The van der Waals surface area contributed by atoms with Gasteiger partial charge in [0, 0.05) is 47.6 Å². The molecular weight excluding hydrogens is 578 g/mol. The molecule has 0 aliphatic rings. The molecule has 0 heterocycles. The van der Waals surface area contributed by atoms with Crippen molar-refractivity contribution in [3.05, 3.63) is 192 Å². The summed E-state index contributed by atoms with van der Waals surface area (Å²) >= 11 is 0. The molecule has 0 atom stereocenters. The summed E-state index contributed by atoms with van der Waals surface area (Å²) in [5.41, 5.74) is 9.62. The maximum atomic E-state index is 11.1. The number of rotatable bonds is 10. The molecule has 0 aliphatic heterocycles. The summed E-state index contributed by atoms with van der Waals surface area (Å²) in [6, 6.07) is 51.1. The minimum atomic E-state index is -0.445.